The van der Waals surface area contributed by atoms with Gasteiger partial charge in [0.1, 0.15) is 0 Å². The third kappa shape index (κ3) is 3.98. The topological polar surface area (TPSA) is 0 Å². The molecule has 49 heavy (non-hydrogen) atoms. The lowest BCUT2D eigenvalue weighted by molar-refractivity contribution is 0.524. The molecule has 0 saturated heterocycles. The van der Waals surface area contributed by atoms with Crippen molar-refractivity contribution in [2.45, 2.75) is 43.4 Å². The van der Waals surface area contributed by atoms with Gasteiger partial charge in [-0.2, -0.15) is 0 Å². The Hall–Kier alpha value is -5.46. The number of hydrogen-bond acceptors (Lipinski definition) is 0. The van der Waals surface area contributed by atoms with Gasteiger partial charge in [-0.25, -0.2) is 0 Å². The average Bonchev–Trinajstić information content (AvgIpc) is 3.44. The molecule has 3 aliphatic rings. The smallest absolute Gasteiger partial charge is 0.0716 e. The molecular formula is C49H38. The first-order chi connectivity index (χ1) is 24.0. The highest BCUT2D eigenvalue weighted by molar-refractivity contribution is 5.90. The Morgan fingerprint density at radius 3 is 1.69 bits per heavy atom. The van der Waals surface area contributed by atoms with Crippen molar-refractivity contribution in [3.8, 4) is 11.1 Å². The van der Waals surface area contributed by atoms with E-state index in [9.17, 15) is 0 Å². The van der Waals surface area contributed by atoms with Gasteiger partial charge in [0.25, 0.3) is 0 Å². The van der Waals surface area contributed by atoms with E-state index in [1.807, 2.05) is 0 Å². The van der Waals surface area contributed by atoms with Gasteiger partial charge < -0.3 is 0 Å². The Morgan fingerprint density at radius 2 is 1.00 bits per heavy atom. The van der Waals surface area contributed by atoms with Gasteiger partial charge in [0.2, 0.25) is 0 Å². The lowest BCUT2D eigenvalue weighted by Gasteiger charge is -2.48. The Balaban J connectivity index is 1.25. The zero-order valence-corrected chi connectivity index (χ0v) is 28.1. The Kier molecular flexibility index (Phi) is 6.13. The minimum atomic E-state index is -0.329. The second-order valence-electron chi connectivity index (χ2n) is 14.8. The van der Waals surface area contributed by atoms with Gasteiger partial charge >= 0.3 is 0 Å². The predicted molar refractivity (Wildman–Crippen MR) is 205 cm³/mol. The fourth-order valence-electron chi connectivity index (χ4n) is 9.74. The Bertz CT molecular complexity index is 2460. The van der Waals surface area contributed by atoms with Gasteiger partial charge in [0.05, 0.1) is 5.41 Å². The minimum absolute atomic E-state index is 0.0170. The molecule has 1 spiro atoms. The van der Waals surface area contributed by atoms with E-state index in [4.69, 9.17) is 0 Å². The highest BCUT2D eigenvalue weighted by atomic mass is 14.6. The molecule has 0 N–H and O–H groups in total. The molecule has 0 nitrogen and oxygen atoms in total. The van der Waals surface area contributed by atoms with Crippen LogP contribution in [0.15, 0.2) is 175 Å². The first-order valence-electron chi connectivity index (χ1n) is 17.8. The molecular weight excluding hydrogens is 589 g/mol. The quantitative estimate of drug-likeness (QED) is 0.171. The zero-order chi connectivity index (χ0) is 32.7. The summed E-state index contributed by atoms with van der Waals surface area (Å²) in [4.78, 5) is 0. The molecule has 7 aromatic carbocycles. The summed E-state index contributed by atoms with van der Waals surface area (Å²) in [5.41, 5.74) is 15.1. The van der Waals surface area contributed by atoms with Crippen LogP contribution < -0.4 is 0 Å². The number of allylic oxidation sites excluding steroid dienone is 4. The van der Waals surface area contributed by atoms with Crippen LogP contribution in [0.1, 0.15) is 71.6 Å². The first-order valence-corrected chi connectivity index (χ1v) is 17.8. The van der Waals surface area contributed by atoms with Gasteiger partial charge in [0, 0.05) is 11.3 Å². The maximum Gasteiger partial charge on any atom is 0.0716 e. The van der Waals surface area contributed by atoms with Gasteiger partial charge in [0.15, 0.2) is 0 Å². The minimum Gasteiger partial charge on any atom is -0.0839 e. The fraction of sp³-hybridized carbons (Fsp3) is 0.143. The van der Waals surface area contributed by atoms with Crippen molar-refractivity contribution in [1.82, 2.24) is 0 Å². The van der Waals surface area contributed by atoms with Gasteiger partial charge in [-0.3, -0.25) is 0 Å². The van der Waals surface area contributed by atoms with E-state index < -0.39 is 0 Å². The molecule has 0 aliphatic heterocycles. The summed E-state index contributed by atoms with van der Waals surface area (Å²) in [7, 11) is 0. The normalized spacial score (nSPS) is 18.5. The molecule has 234 valence electrons. The summed E-state index contributed by atoms with van der Waals surface area (Å²) in [5, 5.41) is 5.11. The maximum absolute atomic E-state index is 2.53. The summed E-state index contributed by atoms with van der Waals surface area (Å²) < 4.78 is 0. The van der Waals surface area contributed by atoms with Gasteiger partial charge in [-0.15, -0.1) is 0 Å². The second-order valence-corrected chi connectivity index (χ2v) is 14.8. The number of benzene rings is 7. The van der Waals surface area contributed by atoms with Crippen molar-refractivity contribution in [3.63, 3.8) is 0 Å². The number of fused-ring (bicyclic) bond motifs is 10. The van der Waals surface area contributed by atoms with Gasteiger partial charge in [-0.05, 0) is 96.1 Å². The molecule has 0 bridgehead atoms. The largest absolute Gasteiger partial charge is 0.0839 e. The highest BCUT2D eigenvalue weighted by Crippen LogP contribution is 2.63. The van der Waals surface area contributed by atoms with Crippen molar-refractivity contribution in [1.29, 1.82) is 0 Å². The van der Waals surface area contributed by atoms with E-state index in [2.05, 4.69) is 178 Å². The third-order valence-corrected chi connectivity index (χ3v) is 11.9. The molecule has 0 fully saturated rings. The number of hydrogen-bond donors (Lipinski definition) is 0. The highest BCUT2D eigenvalue weighted by Gasteiger charge is 2.54. The summed E-state index contributed by atoms with van der Waals surface area (Å²) >= 11 is 0. The zero-order valence-electron chi connectivity index (χ0n) is 28.1. The fourth-order valence-corrected chi connectivity index (χ4v) is 9.74. The van der Waals surface area contributed by atoms with E-state index in [0.717, 1.165) is 12.8 Å². The predicted octanol–water partition coefficient (Wildman–Crippen LogP) is 12.4. The summed E-state index contributed by atoms with van der Waals surface area (Å²) in [5.74, 6) is 0.0881. The van der Waals surface area contributed by atoms with E-state index in [1.165, 1.54) is 77.2 Å². The lowest BCUT2D eigenvalue weighted by atomic mass is 9.54. The number of rotatable bonds is 3. The van der Waals surface area contributed by atoms with Crippen LogP contribution in [0.25, 0.3) is 32.7 Å². The standard InChI is InChI=1S/C49H38/c1-48(2)43-19-9-11-21-45(43)49(46-22-12-10-20-44(46)48)41-18-8-7-17-39(41)40-31-38(27-28-42(40)49)47(36-25-23-32-13-3-5-15-34(32)29-36)37-26-24-33-14-4-6-16-35(33)30-37/h3-9,11-19,21-31,47H,10,20H2,1-2H3. The van der Waals surface area contributed by atoms with Crippen LogP contribution >= 0.6 is 0 Å². The van der Waals surface area contributed by atoms with E-state index >= 15 is 0 Å². The summed E-state index contributed by atoms with van der Waals surface area (Å²) in [6.07, 6.45) is 7.10. The average molecular weight is 627 g/mol. The van der Waals surface area contributed by atoms with Crippen molar-refractivity contribution < 1.29 is 0 Å². The maximum atomic E-state index is 2.53. The molecule has 0 radical (unpaired) electrons. The first kappa shape index (κ1) is 28.5. The Labute approximate surface area is 289 Å². The van der Waals surface area contributed by atoms with E-state index in [0.29, 0.717) is 0 Å². The van der Waals surface area contributed by atoms with E-state index in [-0.39, 0.29) is 16.7 Å². The van der Waals surface area contributed by atoms with Gasteiger partial charge in [-0.1, -0.05) is 177 Å². The van der Waals surface area contributed by atoms with Crippen LogP contribution in [0.5, 0.6) is 0 Å². The van der Waals surface area contributed by atoms with Crippen LogP contribution in [-0.2, 0) is 10.8 Å². The molecule has 10 rings (SSSR count). The molecule has 1 atom stereocenters. The second kappa shape index (κ2) is 10.5. The third-order valence-electron chi connectivity index (χ3n) is 11.9. The molecule has 0 saturated carbocycles. The SMILES string of the molecule is CC1(C)C2=C(C=CCC2)C2(c3ccccc3-c3cc(C(c4ccc5ccccc5c4)c4ccc5ccccc5c4)ccc32)c2ccccc21. The van der Waals surface area contributed by atoms with E-state index in [1.54, 1.807) is 5.57 Å². The molecule has 3 aliphatic carbocycles. The van der Waals surface area contributed by atoms with Crippen LogP contribution in [0.2, 0.25) is 0 Å². The molecule has 1 unspecified atom stereocenters. The lowest BCUT2D eigenvalue weighted by Crippen LogP contribution is -2.41. The van der Waals surface area contributed by atoms with Crippen molar-refractivity contribution in [2.75, 3.05) is 0 Å². The molecule has 0 heteroatoms. The van der Waals surface area contributed by atoms with Crippen molar-refractivity contribution in [3.05, 3.63) is 214 Å². The van der Waals surface area contributed by atoms with Crippen molar-refractivity contribution >= 4 is 21.5 Å². The molecule has 0 amide bonds. The van der Waals surface area contributed by atoms with Crippen LogP contribution in [0.3, 0.4) is 0 Å². The van der Waals surface area contributed by atoms with Crippen LogP contribution in [-0.4, -0.2) is 0 Å². The van der Waals surface area contributed by atoms with Crippen LogP contribution in [0.4, 0.5) is 0 Å². The summed E-state index contributed by atoms with van der Waals surface area (Å²) in [6.45, 7) is 4.88. The molecule has 0 heterocycles. The van der Waals surface area contributed by atoms with Crippen LogP contribution in [0, 0.1) is 0 Å². The molecule has 0 aromatic heterocycles. The molecule has 7 aromatic rings. The Morgan fingerprint density at radius 1 is 0.469 bits per heavy atom. The van der Waals surface area contributed by atoms with Crippen molar-refractivity contribution in [2.24, 2.45) is 0 Å². The summed E-state index contributed by atoms with van der Waals surface area (Å²) in [6, 6.07) is 57.5. The monoisotopic (exact) mass is 626 g/mol.